The molecule has 0 aliphatic carbocycles. The average molecular weight is 370 g/mol. The summed E-state index contributed by atoms with van der Waals surface area (Å²) < 4.78 is 0. The van der Waals surface area contributed by atoms with E-state index in [1.54, 1.807) is 11.9 Å². The van der Waals surface area contributed by atoms with Crippen molar-refractivity contribution >= 4 is 23.4 Å². The van der Waals surface area contributed by atoms with Crippen LogP contribution in [-0.4, -0.2) is 41.8 Å². The molecular formula is C21H28N3O3+. The van der Waals surface area contributed by atoms with Crippen LogP contribution in [0.3, 0.4) is 0 Å². The van der Waals surface area contributed by atoms with Gasteiger partial charge in [0.05, 0.1) is 5.69 Å². The number of fused-ring (bicyclic) bond motifs is 4. The summed E-state index contributed by atoms with van der Waals surface area (Å²) in [4.78, 5) is 43.2. The van der Waals surface area contributed by atoms with Gasteiger partial charge in [0.2, 0.25) is 17.4 Å². The summed E-state index contributed by atoms with van der Waals surface area (Å²) in [5, 5.41) is 2.04. The van der Waals surface area contributed by atoms with Crippen LogP contribution in [0.4, 0.5) is 5.69 Å². The normalized spacial score (nSPS) is 32.4. The lowest BCUT2D eigenvalue weighted by Crippen LogP contribution is -2.99. The first-order chi connectivity index (χ1) is 12.7. The third-order valence-electron chi connectivity index (χ3n) is 6.44. The number of anilines is 1. The molecule has 6 nitrogen and oxygen atoms in total. The predicted octanol–water partition coefficient (Wildman–Crippen LogP) is 0.860. The van der Waals surface area contributed by atoms with Gasteiger partial charge in [0, 0.05) is 25.1 Å². The Morgan fingerprint density at radius 2 is 1.74 bits per heavy atom. The molecule has 144 valence electrons. The molecule has 6 heteroatoms. The molecule has 2 fully saturated rings. The maximum atomic E-state index is 13.5. The van der Waals surface area contributed by atoms with Gasteiger partial charge in [-0.25, -0.2) is 0 Å². The SMILES string of the molecule is CC(C)C[C@H]1[NH2+][C@]2(C(=O)N(C)c3ccccc32)[C@@H]2C(=O)N(C(C)C)C(=O)[C@H]21. The minimum absolute atomic E-state index is 0.0706. The van der Waals surface area contributed by atoms with E-state index in [0.717, 1.165) is 17.7 Å². The molecule has 1 aromatic carbocycles. The fraction of sp³-hybridized carbons (Fsp3) is 0.571. The van der Waals surface area contributed by atoms with Gasteiger partial charge in [-0.2, -0.15) is 0 Å². The minimum atomic E-state index is -1.02. The third kappa shape index (κ3) is 2.19. The summed E-state index contributed by atoms with van der Waals surface area (Å²) in [7, 11) is 1.76. The Hall–Kier alpha value is -2.21. The van der Waals surface area contributed by atoms with Crippen LogP contribution >= 0.6 is 0 Å². The molecule has 0 saturated carbocycles. The maximum absolute atomic E-state index is 13.5. The number of rotatable bonds is 3. The molecule has 3 amide bonds. The van der Waals surface area contributed by atoms with E-state index in [-0.39, 0.29) is 29.8 Å². The van der Waals surface area contributed by atoms with Crippen LogP contribution in [0.25, 0.3) is 0 Å². The van der Waals surface area contributed by atoms with Crippen LogP contribution < -0.4 is 10.2 Å². The highest BCUT2D eigenvalue weighted by molar-refractivity contribution is 6.14. The molecule has 0 bridgehead atoms. The molecular weight excluding hydrogens is 342 g/mol. The summed E-state index contributed by atoms with van der Waals surface area (Å²) in [6.45, 7) is 7.96. The second kappa shape index (κ2) is 5.89. The lowest BCUT2D eigenvalue weighted by molar-refractivity contribution is -0.734. The Labute approximate surface area is 159 Å². The fourth-order valence-corrected chi connectivity index (χ4v) is 5.52. The number of para-hydroxylation sites is 1. The van der Waals surface area contributed by atoms with Crippen molar-refractivity contribution in [2.45, 2.75) is 51.7 Å². The van der Waals surface area contributed by atoms with Gasteiger partial charge in [0.1, 0.15) is 17.9 Å². The molecule has 4 atom stereocenters. The largest absolute Gasteiger partial charge is 0.326 e. The summed E-state index contributed by atoms with van der Waals surface area (Å²) >= 11 is 0. The fourth-order valence-electron chi connectivity index (χ4n) is 5.52. The number of likely N-dealkylation sites (tertiary alicyclic amines) is 1. The van der Waals surface area contributed by atoms with Gasteiger partial charge >= 0.3 is 0 Å². The van der Waals surface area contributed by atoms with Crippen molar-refractivity contribution in [3.8, 4) is 0 Å². The molecule has 0 radical (unpaired) electrons. The lowest BCUT2D eigenvalue weighted by Gasteiger charge is -2.28. The van der Waals surface area contributed by atoms with E-state index in [0.29, 0.717) is 5.92 Å². The van der Waals surface area contributed by atoms with Crippen molar-refractivity contribution in [3.05, 3.63) is 29.8 Å². The topological polar surface area (TPSA) is 74.3 Å². The van der Waals surface area contributed by atoms with Crippen LogP contribution in [0.15, 0.2) is 24.3 Å². The third-order valence-corrected chi connectivity index (χ3v) is 6.44. The zero-order chi connectivity index (χ0) is 19.7. The highest BCUT2D eigenvalue weighted by Crippen LogP contribution is 2.51. The lowest BCUT2D eigenvalue weighted by atomic mass is 9.76. The van der Waals surface area contributed by atoms with Gasteiger partial charge in [0.25, 0.3) is 5.91 Å². The standard InChI is InChI=1S/C21H27N3O3/c1-11(2)10-14-16-17(19(26)24(12(3)4)18(16)25)21(22-14)13-8-6-7-9-15(13)23(5)20(21)27/h6-9,11-12,14,16-17,22H,10H2,1-5H3/p+1/t14-,16+,17+,21+/m1/s1. The average Bonchev–Trinajstić information content (AvgIpc) is 3.14. The summed E-state index contributed by atoms with van der Waals surface area (Å²) in [6.07, 6.45) is 0.799. The second-order valence-electron chi connectivity index (χ2n) is 8.85. The molecule has 1 spiro atoms. The number of nitrogens with zero attached hydrogens (tertiary/aromatic N) is 2. The zero-order valence-electron chi connectivity index (χ0n) is 16.6. The van der Waals surface area contributed by atoms with E-state index in [1.165, 1.54) is 4.90 Å². The molecule has 0 unspecified atom stereocenters. The number of benzene rings is 1. The number of imide groups is 1. The molecule has 4 rings (SSSR count). The molecule has 3 aliphatic rings. The van der Waals surface area contributed by atoms with Gasteiger partial charge in [-0.15, -0.1) is 0 Å². The smallest absolute Gasteiger partial charge is 0.293 e. The van der Waals surface area contributed by atoms with Crippen molar-refractivity contribution in [2.24, 2.45) is 17.8 Å². The van der Waals surface area contributed by atoms with Crippen molar-refractivity contribution in [1.29, 1.82) is 0 Å². The van der Waals surface area contributed by atoms with Gasteiger partial charge in [-0.3, -0.25) is 19.3 Å². The number of carbonyl (C=O) groups excluding carboxylic acids is 3. The highest BCUT2D eigenvalue weighted by Gasteiger charge is 2.75. The number of likely N-dealkylation sites (N-methyl/N-ethyl adjacent to an activating group) is 1. The Bertz CT molecular complexity index is 834. The Balaban J connectivity index is 1.91. The summed E-state index contributed by atoms with van der Waals surface area (Å²) in [6, 6.07) is 7.41. The van der Waals surface area contributed by atoms with Crippen molar-refractivity contribution in [1.82, 2.24) is 4.90 Å². The summed E-state index contributed by atoms with van der Waals surface area (Å²) in [5.41, 5.74) is 0.683. The van der Waals surface area contributed by atoms with Crippen LogP contribution in [0, 0.1) is 17.8 Å². The molecule has 2 N–H and O–H groups in total. The van der Waals surface area contributed by atoms with E-state index in [1.807, 2.05) is 43.4 Å². The van der Waals surface area contributed by atoms with E-state index in [4.69, 9.17) is 0 Å². The van der Waals surface area contributed by atoms with Crippen molar-refractivity contribution in [2.75, 3.05) is 11.9 Å². The van der Waals surface area contributed by atoms with Crippen molar-refractivity contribution < 1.29 is 19.7 Å². The number of quaternary nitrogens is 1. The number of nitrogens with two attached hydrogens (primary N) is 1. The van der Waals surface area contributed by atoms with Gasteiger partial charge in [-0.05, 0) is 25.8 Å². The molecule has 0 aromatic heterocycles. The summed E-state index contributed by atoms with van der Waals surface area (Å²) in [5.74, 6) is -1.08. The molecule has 3 aliphatic heterocycles. The van der Waals surface area contributed by atoms with E-state index in [2.05, 4.69) is 13.8 Å². The van der Waals surface area contributed by atoms with Crippen LogP contribution in [0.1, 0.15) is 39.7 Å². The highest BCUT2D eigenvalue weighted by atomic mass is 16.2. The molecule has 1 aromatic rings. The first kappa shape index (κ1) is 18.2. The molecule has 3 heterocycles. The van der Waals surface area contributed by atoms with Gasteiger partial charge in [0.15, 0.2) is 0 Å². The Morgan fingerprint density at radius 3 is 2.37 bits per heavy atom. The van der Waals surface area contributed by atoms with Crippen LogP contribution in [-0.2, 0) is 19.9 Å². The van der Waals surface area contributed by atoms with Gasteiger partial charge in [-0.1, -0.05) is 32.0 Å². The first-order valence-electron chi connectivity index (χ1n) is 9.82. The van der Waals surface area contributed by atoms with E-state index >= 15 is 0 Å². The molecule has 2 saturated heterocycles. The number of carbonyl (C=O) groups is 3. The Morgan fingerprint density at radius 1 is 1.07 bits per heavy atom. The van der Waals surface area contributed by atoms with Gasteiger partial charge < -0.3 is 10.2 Å². The minimum Gasteiger partial charge on any atom is -0.326 e. The first-order valence-corrected chi connectivity index (χ1v) is 9.82. The monoisotopic (exact) mass is 370 g/mol. The number of hydrogen-bond donors (Lipinski definition) is 1. The maximum Gasteiger partial charge on any atom is 0.293 e. The molecule has 27 heavy (non-hydrogen) atoms. The predicted molar refractivity (Wildman–Crippen MR) is 101 cm³/mol. The quantitative estimate of drug-likeness (QED) is 0.802. The number of amides is 3. The van der Waals surface area contributed by atoms with Crippen LogP contribution in [0.5, 0.6) is 0 Å². The second-order valence-corrected chi connectivity index (χ2v) is 8.85. The van der Waals surface area contributed by atoms with E-state index in [9.17, 15) is 14.4 Å². The van der Waals surface area contributed by atoms with Crippen molar-refractivity contribution in [3.63, 3.8) is 0 Å². The zero-order valence-corrected chi connectivity index (χ0v) is 16.6. The van der Waals surface area contributed by atoms with E-state index < -0.39 is 17.4 Å². The van der Waals surface area contributed by atoms with Crippen LogP contribution in [0.2, 0.25) is 0 Å². The Kier molecular flexibility index (Phi) is 3.97. The number of hydrogen-bond acceptors (Lipinski definition) is 3.